The zero-order chi connectivity index (χ0) is 45.9. The average Bonchev–Trinajstić information content (AvgIpc) is 3.28. The Morgan fingerprint density at radius 1 is 0.460 bits per heavy atom. The van der Waals surface area contributed by atoms with Gasteiger partial charge in [-0.2, -0.15) is 0 Å². The smallest absolute Gasteiger partial charge is 0.306 e. The zero-order valence-electron chi connectivity index (χ0n) is 42.5. The Hall–Kier alpha value is -1.66. The molecule has 63 heavy (non-hydrogen) atoms. The first-order chi connectivity index (χ1) is 31.0. The molecule has 0 aliphatic rings. The molecule has 0 aliphatic heterocycles. The third kappa shape index (κ3) is 46.7. The van der Waals surface area contributed by atoms with Crippen molar-refractivity contribution in [2.45, 2.75) is 322 Å². The Bertz CT molecular complexity index is 997. The van der Waals surface area contributed by atoms with Crippen molar-refractivity contribution >= 4 is 11.9 Å². The first kappa shape index (κ1) is 61.3. The number of nitrogens with one attached hydrogen (secondary N) is 1. The van der Waals surface area contributed by atoms with Crippen LogP contribution in [-0.2, 0) is 14.3 Å². The summed E-state index contributed by atoms with van der Waals surface area (Å²) < 4.78 is 5.93. The van der Waals surface area contributed by atoms with Gasteiger partial charge in [0, 0.05) is 6.42 Å². The van der Waals surface area contributed by atoms with Gasteiger partial charge in [-0.3, -0.25) is 9.59 Å². The summed E-state index contributed by atoms with van der Waals surface area (Å²) in [6.07, 6.45) is 59.7. The number of esters is 1. The number of carbonyl (C=O) groups is 2. The van der Waals surface area contributed by atoms with E-state index in [0.717, 1.165) is 57.8 Å². The number of rotatable bonds is 51. The number of hydrogen-bond acceptors (Lipinski definition) is 5. The van der Waals surface area contributed by atoms with Gasteiger partial charge in [0.1, 0.15) is 6.10 Å². The normalized spacial score (nSPS) is 13.3. The second-order valence-corrected chi connectivity index (χ2v) is 19.4. The summed E-state index contributed by atoms with van der Waals surface area (Å²) in [6.45, 7) is 6.49. The number of allylic oxidation sites excluding steroid dienone is 4. The summed E-state index contributed by atoms with van der Waals surface area (Å²) in [5, 5.41) is 23.8. The van der Waals surface area contributed by atoms with Crippen LogP contribution in [0, 0.1) is 0 Å². The van der Waals surface area contributed by atoms with Crippen molar-refractivity contribution in [1.29, 1.82) is 0 Å². The molecule has 0 aromatic heterocycles. The van der Waals surface area contributed by atoms with Crippen molar-refractivity contribution in [2.24, 2.45) is 0 Å². The fraction of sp³-hybridized carbons (Fsp3) is 0.895. The Morgan fingerprint density at radius 3 is 1.21 bits per heavy atom. The number of aliphatic hydroxyl groups excluding tert-OH is 2. The maximum absolute atomic E-state index is 13.2. The third-order valence-corrected chi connectivity index (χ3v) is 13.1. The van der Waals surface area contributed by atoms with Gasteiger partial charge in [-0.05, 0) is 44.9 Å². The summed E-state index contributed by atoms with van der Waals surface area (Å²) in [7, 11) is 0. The first-order valence-corrected chi connectivity index (χ1v) is 28.1. The van der Waals surface area contributed by atoms with E-state index in [1.165, 1.54) is 199 Å². The van der Waals surface area contributed by atoms with Crippen molar-refractivity contribution in [2.75, 3.05) is 6.61 Å². The number of aliphatic hydroxyl groups is 2. The van der Waals surface area contributed by atoms with Crippen LogP contribution in [0.1, 0.15) is 303 Å². The fourth-order valence-corrected chi connectivity index (χ4v) is 8.78. The molecule has 0 saturated carbocycles. The van der Waals surface area contributed by atoms with Crippen molar-refractivity contribution in [1.82, 2.24) is 5.32 Å². The van der Waals surface area contributed by atoms with E-state index in [1.807, 2.05) is 0 Å². The van der Waals surface area contributed by atoms with Crippen LogP contribution in [0.4, 0.5) is 0 Å². The highest BCUT2D eigenvalue weighted by Crippen LogP contribution is 2.18. The second-order valence-electron chi connectivity index (χ2n) is 19.4. The molecular weight excluding hydrogens is 779 g/mol. The summed E-state index contributed by atoms with van der Waals surface area (Å²) in [4.78, 5) is 26.2. The van der Waals surface area contributed by atoms with E-state index in [-0.39, 0.29) is 24.9 Å². The van der Waals surface area contributed by atoms with Crippen LogP contribution in [0.2, 0.25) is 0 Å². The summed E-state index contributed by atoms with van der Waals surface area (Å²) in [5.74, 6) is -0.504. The molecule has 1 amide bonds. The highest BCUT2D eigenvalue weighted by Gasteiger charge is 2.24. The van der Waals surface area contributed by atoms with Crippen molar-refractivity contribution in [3.8, 4) is 0 Å². The number of amides is 1. The highest BCUT2D eigenvalue weighted by molar-refractivity contribution is 5.77. The van der Waals surface area contributed by atoms with Gasteiger partial charge in [0.15, 0.2) is 0 Å². The number of unbranched alkanes of at least 4 members (excludes halogenated alkanes) is 36. The van der Waals surface area contributed by atoms with E-state index >= 15 is 0 Å². The molecule has 6 heteroatoms. The molecule has 0 saturated heterocycles. The van der Waals surface area contributed by atoms with Gasteiger partial charge < -0.3 is 20.3 Å². The fourth-order valence-electron chi connectivity index (χ4n) is 8.78. The number of hydrogen-bond donors (Lipinski definition) is 3. The summed E-state index contributed by atoms with van der Waals surface area (Å²) >= 11 is 0. The summed E-state index contributed by atoms with van der Waals surface area (Å²) in [6, 6.07) is -0.711. The van der Waals surface area contributed by atoms with E-state index < -0.39 is 18.2 Å². The lowest BCUT2D eigenvalue weighted by Crippen LogP contribution is -2.46. The lowest BCUT2D eigenvalue weighted by atomic mass is 10.0. The van der Waals surface area contributed by atoms with Gasteiger partial charge >= 0.3 is 5.97 Å². The lowest BCUT2D eigenvalue weighted by molar-refractivity contribution is -0.151. The van der Waals surface area contributed by atoms with E-state index in [2.05, 4.69) is 50.4 Å². The van der Waals surface area contributed by atoms with Crippen molar-refractivity contribution < 1.29 is 24.5 Å². The summed E-state index contributed by atoms with van der Waals surface area (Å²) in [5.41, 5.74) is 0. The van der Waals surface area contributed by atoms with E-state index in [1.54, 1.807) is 0 Å². The van der Waals surface area contributed by atoms with Gasteiger partial charge in [0.05, 0.1) is 25.2 Å². The molecule has 0 aromatic rings. The molecule has 3 unspecified atom stereocenters. The van der Waals surface area contributed by atoms with Crippen LogP contribution in [-0.4, -0.2) is 46.9 Å². The van der Waals surface area contributed by atoms with Crippen molar-refractivity contribution in [3.05, 3.63) is 24.3 Å². The second kappa shape index (κ2) is 51.3. The van der Waals surface area contributed by atoms with Crippen LogP contribution < -0.4 is 5.32 Å². The standard InChI is InChI=1S/C57H109NO5/c1-4-7-10-13-16-19-22-24-26-27-28-29-30-32-35-38-41-44-47-50-57(62)63-53(48-45-42-39-36-34-31-25-23-20-17-14-11-8-5-2)51-56(61)58-54(52-59)55(60)49-46-43-40-37-33-21-18-15-12-9-6-3/h31,34,36,39,53-55,59-60H,4-30,32-33,35,37-38,40-52H2,1-3H3,(H,58,61)/b34-31+,39-36+. The molecule has 0 fully saturated rings. The van der Waals surface area contributed by atoms with E-state index in [4.69, 9.17) is 4.74 Å². The van der Waals surface area contributed by atoms with Crippen LogP contribution in [0.15, 0.2) is 24.3 Å². The van der Waals surface area contributed by atoms with Gasteiger partial charge in [-0.15, -0.1) is 0 Å². The first-order valence-electron chi connectivity index (χ1n) is 28.1. The number of carbonyl (C=O) groups excluding carboxylic acids is 2. The molecule has 0 aliphatic carbocycles. The minimum Gasteiger partial charge on any atom is -0.462 e. The molecule has 0 heterocycles. The molecule has 3 atom stereocenters. The Labute approximate surface area is 392 Å². The molecule has 6 nitrogen and oxygen atoms in total. The minimum absolute atomic E-state index is 0.0503. The molecule has 0 aromatic carbocycles. The Morgan fingerprint density at radius 2 is 0.810 bits per heavy atom. The maximum Gasteiger partial charge on any atom is 0.306 e. The third-order valence-electron chi connectivity index (χ3n) is 13.1. The van der Waals surface area contributed by atoms with Crippen LogP contribution >= 0.6 is 0 Å². The van der Waals surface area contributed by atoms with E-state index in [0.29, 0.717) is 19.3 Å². The van der Waals surface area contributed by atoms with E-state index in [9.17, 15) is 19.8 Å². The molecule has 3 N–H and O–H groups in total. The topological polar surface area (TPSA) is 95.9 Å². The molecule has 0 rings (SSSR count). The van der Waals surface area contributed by atoms with Gasteiger partial charge in [0.25, 0.3) is 0 Å². The van der Waals surface area contributed by atoms with Crippen LogP contribution in [0.5, 0.6) is 0 Å². The maximum atomic E-state index is 13.2. The lowest BCUT2D eigenvalue weighted by Gasteiger charge is -2.24. The van der Waals surface area contributed by atoms with Crippen molar-refractivity contribution in [3.63, 3.8) is 0 Å². The Balaban J connectivity index is 4.53. The van der Waals surface area contributed by atoms with Gasteiger partial charge in [0.2, 0.25) is 5.91 Å². The zero-order valence-corrected chi connectivity index (χ0v) is 42.5. The molecular formula is C57H109NO5. The van der Waals surface area contributed by atoms with Gasteiger partial charge in [-0.1, -0.05) is 270 Å². The largest absolute Gasteiger partial charge is 0.462 e. The average molecular weight is 889 g/mol. The quantitative estimate of drug-likeness (QED) is 0.0321. The molecule has 0 radical (unpaired) electrons. The SMILES string of the molecule is CCCCCCCCC/C=C/C=C/CCCC(CC(=O)NC(CO)C(O)CCCCCCCCCCCCC)OC(=O)CCCCCCCCCCCCCCCCCCCCC. The van der Waals surface area contributed by atoms with Crippen LogP contribution in [0.3, 0.4) is 0 Å². The number of ether oxygens (including phenoxy) is 1. The van der Waals surface area contributed by atoms with Gasteiger partial charge in [-0.25, -0.2) is 0 Å². The highest BCUT2D eigenvalue weighted by atomic mass is 16.5. The molecule has 372 valence electrons. The van der Waals surface area contributed by atoms with Crippen LogP contribution in [0.25, 0.3) is 0 Å². The Kier molecular flexibility index (Phi) is 50.0. The predicted octanol–water partition coefficient (Wildman–Crippen LogP) is 17.1. The predicted molar refractivity (Wildman–Crippen MR) is 273 cm³/mol. The molecule has 0 spiro atoms. The molecule has 0 bridgehead atoms. The monoisotopic (exact) mass is 888 g/mol. The minimum atomic E-state index is -0.795.